The fourth-order valence-corrected chi connectivity index (χ4v) is 1.80. The zero-order chi connectivity index (χ0) is 11.3. The van der Waals surface area contributed by atoms with Gasteiger partial charge in [-0.3, -0.25) is 0 Å². The first-order chi connectivity index (χ1) is 7.19. The lowest BCUT2D eigenvalue weighted by Gasteiger charge is -2.30. The van der Waals surface area contributed by atoms with Crippen molar-refractivity contribution < 1.29 is 0 Å². The van der Waals surface area contributed by atoms with E-state index in [-0.39, 0.29) is 0 Å². The van der Waals surface area contributed by atoms with Crippen LogP contribution in [0.25, 0.3) is 0 Å². The van der Waals surface area contributed by atoms with Gasteiger partial charge in [-0.15, -0.1) is 0 Å². The van der Waals surface area contributed by atoms with Crippen molar-refractivity contribution in [1.29, 1.82) is 0 Å². The maximum atomic E-state index is 2.50. The summed E-state index contributed by atoms with van der Waals surface area (Å²) in [6.45, 7) is 10.1. The van der Waals surface area contributed by atoms with Gasteiger partial charge in [-0.2, -0.15) is 0 Å². The third kappa shape index (κ3) is 3.26. The summed E-state index contributed by atoms with van der Waals surface area (Å²) < 4.78 is 0. The molecule has 0 saturated carbocycles. The number of hydrogen-bond acceptors (Lipinski definition) is 1. The number of nitrogens with zero attached hydrogens (tertiary/aromatic N) is 1. The molecule has 0 heterocycles. The normalized spacial score (nSPS) is 12.5. The second-order valence-corrected chi connectivity index (χ2v) is 4.29. The van der Waals surface area contributed by atoms with Crippen molar-refractivity contribution >= 4 is 5.69 Å². The van der Waals surface area contributed by atoms with Crippen LogP contribution in [0, 0.1) is 6.92 Å². The average molecular weight is 205 g/mol. The summed E-state index contributed by atoms with van der Waals surface area (Å²) in [6, 6.07) is 9.49. The molecule has 84 valence electrons. The van der Waals surface area contributed by atoms with E-state index >= 15 is 0 Å². The molecular weight excluding hydrogens is 182 g/mol. The van der Waals surface area contributed by atoms with Crippen LogP contribution in [0.1, 0.15) is 39.2 Å². The van der Waals surface area contributed by atoms with E-state index in [2.05, 4.69) is 56.9 Å². The molecule has 1 unspecified atom stereocenters. The molecule has 0 aliphatic rings. The van der Waals surface area contributed by atoms with Gasteiger partial charge in [0.2, 0.25) is 0 Å². The summed E-state index contributed by atoms with van der Waals surface area (Å²) in [5.41, 5.74) is 2.69. The Hall–Kier alpha value is -0.980. The first-order valence-corrected chi connectivity index (χ1v) is 6.02. The van der Waals surface area contributed by atoms with Crippen molar-refractivity contribution in [2.75, 3.05) is 11.4 Å². The van der Waals surface area contributed by atoms with E-state index in [0.29, 0.717) is 6.04 Å². The molecule has 0 aliphatic heterocycles. The van der Waals surface area contributed by atoms with Gasteiger partial charge in [0.15, 0.2) is 0 Å². The minimum atomic E-state index is 0.632. The molecule has 1 nitrogen and oxygen atoms in total. The van der Waals surface area contributed by atoms with Crippen LogP contribution >= 0.6 is 0 Å². The predicted molar refractivity (Wildman–Crippen MR) is 68.6 cm³/mol. The maximum Gasteiger partial charge on any atom is 0.0368 e. The smallest absolute Gasteiger partial charge is 0.0368 e. The molecule has 1 atom stereocenters. The molecule has 0 aliphatic carbocycles. The number of aryl methyl sites for hydroxylation is 1. The van der Waals surface area contributed by atoms with Gasteiger partial charge in [0.25, 0.3) is 0 Å². The van der Waals surface area contributed by atoms with Crippen molar-refractivity contribution in [3.05, 3.63) is 29.8 Å². The monoisotopic (exact) mass is 205 g/mol. The number of benzene rings is 1. The van der Waals surface area contributed by atoms with E-state index < -0.39 is 0 Å². The van der Waals surface area contributed by atoms with Crippen molar-refractivity contribution in [2.24, 2.45) is 0 Å². The molecule has 0 saturated heterocycles. The number of hydrogen-bond donors (Lipinski definition) is 0. The quantitative estimate of drug-likeness (QED) is 0.702. The summed E-state index contributed by atoms with van der Waals surface area (Å²) in [5, 5.41) is 0. The van der Waals surface area contributed by atoms with Crippen LogP contribution in [-0.2, 0) is 0 Å². The largest absolute Gasteiger partial charge is 0.369 e. The predicted octanol–water partition coefficient (Wildman–Crippen LogP) is 4.01. The van der Waals surface area contributed by atoms with Gasteiger partial charge in [0.1, 0.15) is 0 Å². The molecule has 0 bridgehead atoms. The highest BCUT2D eigenvalue weighted by atomic mass is 15.1. The molecule has 0 aromatic heterocycles. The second kappa shape index (κ2) is 5.79. The summed E-state index contributed by atoms with van der Waals surface area (Å²) in [6.07, 6.45) is 2.41. The third-order valence-electron chi connectivity index (χ3n) is 2.95. The zero-order valence-corrected chi connectivity index (χ0v) is 10.5. The van der Waals surface area contributed by atoms with Crippen LogP contribution in [0.15, 0.2) is 24.3 Å². The Labute approximate surface area is 94.1 Å². The van der Waals surface area contributed by atoms with Crippen LogP contribution in [-0.4, -0.2) is 12.6 Å². The fraction of sp³-hybridized carbons (Fsp3) is 0.571. The highest BCUT2D eigenvalue weighted by Gasteiger charge is 2.11. The Balaban J connectivity index is 2.83. The lowest BCUT2D eigenvalue weighted by Crippen LogP contribution is -2.33. The molecule has 1 rings (SSSR count). The lowest BCUT2D eigenvalue weighted by molar-refractivity contribution is 0.610. The SMILES string of the molecule is CCCN(c1ccc(C)cc1)C(C)CC. The molecule has 1 heteroatoms. The van der Waals surface area contributed by atoms with E-state index in [0.717, 1.165) is 6.54 Å². The van der Waals surface area contributed by atoms with Crippen LogP contribution in [0.2, 0.25) is 0 Å². The van der Waals surface area contributed by atoms with Gasteiger partial charge in [0.05, 0.1) is 0 Å². The van der Waals surface area contributed by atoms with Crippen LogP contribution in [0.5, 0.6) is 0 Å². The first kappa shape index (κ1) is 12.1. The number of rotatable bonds is 5. The molecule has 0 amide bonds. The average Bonchev–Trinajstić information content (AvgIpc) is 2.26. The zero-order valence-electron chi connectivity index (χ0n) is 10.5. The van der Waals surface area contributed by atoms with Gasteiger partial charge in [-0.1, -0.05) is 31.5 Å². The first-order valence-electron chi connectivity index (χ1n) is 6.02. The van der Waals surface area contributed by atoms with Crippen molar-refractivity contribution in [3.8, 4) is 0 Å². The summed E-state index contributed by atoms with van der Waals surface area (Å²) in [4.78, 5) is 2.50. The summed E-state index contributed by atoms with van der Waals surface area (Å²) >= 11 is 0. The van der Waals surface area contributed by atoms with Crippen molar-refractivity contribution in [2.45, 2.75) is 46.6 Å². The summed E-state index contributed by atoms with van der Waals surface area (Å²) in [5.74, 6) is 0. The van der Waals surface area contributed by atoms with Crippen LogP contribution in [0.3, 0.4) is 0 Å². The molecule has 1 aromatic carbocycles. The van der Waals surface area contributed by atoms with E-state index in [9.17, 15) is 0 Å². The second-order valence-electron chi connectivity index (χ2n) is 4.29. The van der Waals surface area contributed by atoms with Crippen LogP contribution in [0.4, 0.5) is 5.69 Å². The Bertz CT molecular complexity index is 276. The Morgan fingerprint density at radius 2 is 1.73 bits per heavy atom. The van der Waals surface area contributed by atoms with Crippen LogP contribution < -0.4 is 4.90 Å². The van der Waals surface area contributed by atoms with Gasteiger partial charge in [0, 0.05) is 18.3 Å². The molecular formula is C14H23N. The molecule has 15 heavy (non-hydrogen) atoms. The topological polar surface area (TPSA) is 3.24 Å². The minimum absolute atomic E-state index is 0.632. The van der Waals surface area contributed by atoms with E-state index in [1.807, 2.05) is 0 Å². The molecule has 0 fully saturated rings. The van der Waals surface area contributed by atoms with Crippen molar-refractivity contribution in [3.63, 3.8) is 0 Å². The highest BCUT2D eigenvalue weighted by Crippen LogP contribution is 2.19. The van der Waals surface area contributed by atoms with Gasteiger partial charge >= 0.3 is 0 Å². The van der Waals surface area contributed by atoms with E-state index in [4.69, 9.17) is 0 Å². The van der Waals surface area contributed by atoms with Gasteiger partial charge in [-0.25, -0.2) is 0 Å². The fourth-order valence-electron chi connectivity index (χ4n) is 1.80. The Morgan fingerprint density at radius 1 is 1.13 bits per heavy atom. The van der Waals surface area contributed by atoms with Gasteiger partial charge < -0.3 is 4.90 Å². The third-order valence-corrected chi connectivity index (χ3v) is 2.95. The van der Waals surface area contributed by atoms with E-state index in [1.54, 1.807) is 0 Å². The van der Waals surface area contributed by atoms with E-state index in [1.165, 1.54) is 24.1 Å². The summed E-state index contributed by atoms with van der Waals surface area (Å²) in [7, 11) is 0. The number of anilines is 1. The maximum absolute atomic E-state index is 2.50. The van der Waals surface area contributed by atoms with Crippen molar-refractivity contribution in [1.82, 2.24) is 0 Å². The highest BCUT2D eigenvalue weighted by molar-refractivity contribution is 5.48. The molecule has 1 aromatic rings. The lowest BCUT2D eigenvalue weighted by atomic mass is 10.1. The minimum Gasteiger partial charge on any atom is -0.369 e. The molecule has 0 radical (unpaired) electrons. The Kier molecular flexibility index (Phi) is 4.67. The Morgan fingerprint density at radius 3 is 2.20 bits per heavy atom. The molecule has 0 spiro atoms. The molecule has 0 N–H and O–H groups in total. The van der Waals surface area contributed by atoms with Gasteiger partial charge in [-0.05, 0) is 38.8 Å². The standard InChI is InChI=1S/C14H23N/c1-5-11-15(13(4)6-2)14-9-7-12(3)8-10-14/h7-10,13H,5-6,11H2,1-4H3.